The summed E-state index contributed by atoms with van der Waals surface area (Å²) in [4.78, 5) is 16.7. The van der Waals surface area contributed by atoms with E-state index in [1.165, 1.54) is 55.6 Å². The quantitative estimate of drug-likeness (QED) is 0.169. The molecular formula is C52H43NOS. The lowest BCUT2D eigenvalue weighted by molar-refractivity contribution is 0.590. The minimum atomic E-state index is -0.595. The molecule has 1 atom stereocenters. The van der Waals surface area contributed by atoms with E-state index in [4.69, 9.17) is 0 Å². The molecule has 0 bridgehead atoms. The predicted octanol–water partition coefficient (Wildman–Crippen LogP) is 13.8. The van der Waals surface area contributed by atoms with Gasteiger partial charge in [-0.1, -0.05) is 133 Å². The van der Waals surface area contributed by atoms with E-state index < -0.39 is 5.41 Å². The Morgan fingerprint density at radius 2 is 0.927 bits per heavy atom. The molecule has 0 saturated heterocycles. The van der Waals surface area contributed by atoms with Crippen LogP contribution in [-0.4, -0.2) is 0 Å². The van der Waals surface area contributed by atoms with Gasteiger partial charge < -0.3 is 4.90 Å². The summed E-state index contributed by atoms with van der Waals surface area (Å²) in [5, 5.41) is 1.57. The predicted molar refractivity (Wildman–Crippen MR) is 234 cm³/mol. The van der Waals surface area contributed by atoms with E-state index in [2.05, 4.69) is 180 Å². The molecular weight excluding hydrogens is 687 g/mol. The summed E-state index contributed by atoms with van der Waals surface area (Å²) in [7, 11) is 0. The molecule has 0 N–H and O–H groups in total. The van der Waals surface area contributed by atoms with Crippen LogP contribution in [0.15, 0.2) is 156 Å². The van der Waals surface area contributed by atoms with E-state index in [9.17, 15) is 4.79 Å². The molecule has 3 heteroatoms. The molecule has 0 fully saturated rings. The highest BCUT2D eigenvalue weighted by Gasteiger charge is 2.52. The molecule has 1 heterocycles. The van der Waals surface area contributed by atoms with Gasteiger partial charge in [0.1, 0.15) is 0 Å². The maximum atomic E-state index is 14.3. The van der Waals surface area contributed by atoms with Crippen LogP contribution in [-0.2, 0) is 16.2 Å². The fourth-order valence-electron chi connectivity index (χ4n) is 9.23. The van der Waals surface area contributed by atoms with Gasteiger partial charge in [0.15, 0.2) is 5.43 Å². The third-order valence-electron chi connectivity index (χ3n) is 12.0. The zero-order valence-corrected chi connectivity index (χ0v) is 33.0. The largest absolute Gasteiger partial charge is 0.310 e. The monoisotopic (exact) mass is 729 g/mol. The molecule has 2 aliphatic rings. The lowest BCUT2D eigenvalue weighted by Crippen LogP contribution is -2.26. The highest BCUT2D eigenvalue weighted by atomic mass is 32.1. The SMILES string of the molecule is CC(C)(C)c1ccc(N(c2ccc(C(C)(C)C)cc2)c2ccc3c(c2)C2(c4ccccc4-3)c3ccccc3-c3cc4sc5ccccc5c(=O)c4cc32)cc1. The van der Waals surface area contributed by atoms with Crippen LogP contribution in [0, 0.1) is 0 Å². The van der Waals surface area contributed by atoms with E-state index in [1.54, 1.807) is 11.3 Å². The molecule has 0 radical (unpaired) electrons. The number of anilines is 3. The first kappa shape index (κ1) is 33.8. The minimum absolute atomic E-state index is 0.0495. The van der Waals surface area contributed by atoms with Crippen molar-refractivity contribution in [3.63, 3.8) is 0 Å². The average Bonchev–Trinajstić information content (AvgIpc) is 3.64. The normalized spacial score (nSPS) is 15.6. The van der Waals surface area contributed by atoms with Crippen LogP contribution in [0.25, 0.3) is 42.4 Å². The first-order valence-electron chi connectivity index (χ1n) is 19.3. The average molecular weight is 730 g/mol. The summed E-state index contributed by atoms with van der Waals surface area (Å²) < 4.78 is 2.05. The van der Waals surface area contributed by atoms with Gasteiger partial charge in [-0.05, 0) is 127 Å². The van der Waals surface area contributed by atoms with E-state index in [-0.39, 0.29) is 16.3 Å². The van der Waals surface area contributed by atoms with Crippen LogP contribution in [0.4, 0.5) is 17.1 Å². The molecule has 55 heavy (non-hydrogen) atoms. The van der Waals surface area contributed by atoms with Crippen molar-refractivity contribution in [2.75, 3.05) is 4.90 Å². The van der Waals surface area contributed by atoms with Gasteiger partial charge in [0, 0.05) is 37.2 Å². The van der Waals surface area contributed by atoms with Gasteiger partial charge in [-0.15, -0.1) is 11.3 Å². The topological polar surface area (TPSA) is 20.3 Å². The molecule has 0 amide bonds. The molecule has 10 rings (SSSR count). The first-order valence-corrected chi connectivity index (χ1v) is 20.1. The van der Waals surface area contributed by atoms with Crippen LogP contribution in [0.3, 0.4) is 0 Å². The molecule has 2 nitrogen and oxygen atoms in total. The van der Waals surface area contributed by atoms with Gasteiger partial charge >= 0.3 is 0 Å². The Kier molecular flexibility index (Phi) is 7.28. The molecule has 0 saturated carbocycles. The molecule has 0 aliphatic heterocycles. The lowest BCUT2D eigenvalue weighted by atomic mass is 9.70. The van der Waals surface area contributed by atoms with Crippen LogP contribution in [0.1, 0.15) is 74.9 Å². The van der Waals surface area contributed by atoms with Crippen molar-refractivity contribution < 1.29 is 0 Å². The maximum Gasteiger partial charge on any atom is 0.195 e. The second-order valence-electron chi connectivity index (χ2n) is 17.3. The van der Waals surface area contributed by atoms with Crippen LogP contribution in [0.2, 0.25) is 0 Å². The summed E-state index contributed by atoms with van der Waals surface area (Å²) in [5.41, 5.74) is 15.4. The Balaban J connectivity index is 1.26. The van der Waals surface area contributed by atoms with Crippen molar-refractivity contribution in [2.45, 2.75) is 57.8 Å². The minimum Gasteiger partial charge on any atom is -0.310 e. The number of fused-ring (bicyclic) bond motifs is 12. The van der Waals surface area contributed by atoms with Gasteiger partial charge in [-0.3, -0.25) is 4.79 Å². The van der Waals surface area contributed by atoms with Gasteiger partial charge in [-0.2, -0.15) is 0 Å². The maximum absolute atomic E-state index is 14.3. The Bertz CT molecular complexity index is 2850. The Hall–Kier alpha value is -5.77. The second kappa shape index (κ2) is 11.9. The summed E-state index contributed by atoms with van der Waals surface area (Å²) in [6.45, 7) is 13.6. The van der Waals surface area contributed by atoms with Crippen molar-refractivity contribution in [3.05, 3.63) is 195 Å². The summed E-state index contributed by atoms with van der Waals surface area (Å²) in [6.07, 6.45) is 0. The molecule has 268 valence electrons. The highest BCUT2D eigenvalue weighted by Crippen LogP contribution is 2.64. The first-order chi connectivity index (χ1) is 26.4. The molecule has 1 unspecified atom stereocenters. The molecule has 8 aromatic rings. The Morgan fingerprint density at radius 3 is 1.53 bits per heavy atom. The van der Waals surface area contributed by atoms with Crippen molar-refractivity contribution in [1.29, 1.82) is 0 Å². The lowest BCUT2D eigenvalue weighted by Gasteiger charge is -2.32. The molecule has 7 aromatic carbocycles. The Morgan fingerprint density at radius 1 is 0.436 bits per heavy atom. The van der Waals surface area contributed by atoms with E-state index >= 15 is 0 Å². The molecule has 1 spiro atoms. The summed E-state index contributed by atoms with van der Waals surface area (Å²) in [6, 6.07) is 55.6. The number of rotatable bonds is 3. The zero-order valence-electron chi connectivity index (χ0n) is 32.2. The zero-order chi connectivity index (χ0) is 37.9. The van der Waals surface area contributed by atoms with E-state index in [0.29, 0.717) is 0 Å². The van der Waals surface area contributed by atoms with E-state index in [1.807, 2.05) is 18.2 Å². The fourth-order valence-corrected chi connectivity index (χ4v) is 10.3. The second-order valence-corrected chi connectivity index (χ2v) is 18.4. The third kappa shape index (κ3) is 4.96. The van der Waals surface area contributed by atoms with Gasteiger partial charge in [0.05, 0.1) is 5.41 Å². The standard InChI is InChI=1S/C52H43NOS/c1-50(2,3)32-19-23-34(24-20-32)53(35-25-21-33(22-26-35)51(4,5)6)36-27-28-39-37-13-7-10-16-43(37)52(45(39)29-36)44-17-11-8-14-38(44)41-31-48-42(30-46(41)52)49(54)40-15-9-12-18-47(40)55-48/h7-31H,1-6H3. The number of nitrogens with zero attached hydrogens (tertiary/aromatic N) is 1. The number of benzene rings is 7. The van der Waals surface area contributed by atoms with Gasteiger partial charge in [-0.25, -0.2) is 0 Å². The molecule has 1 aromatic heterocycles. The van der Waals surface area contributed by atoms with Crippen LogP contribution < -0.4 is 10.3 Å². The van der Waals surface area contributed by atoms with Crippen LogP contribution in [0.5, 0.6) is 0 Å². The third-order valence-corrected chi connectivity index (χ3v) is 13.1. The van der Waals surface area contributed by atoms with Crippen molar-refractivity contribution in [1.82, 2.24) is 0 Å². The van der Waals surface area contributed by atoms with Crippen molar-refractivity contribution in [2.24, 2.45) is 0 Å². The van der Waals surface area contributed by atoms with Gasteiger partial charge in [0.2, 0.25) is 0 Å². The van der Waals surface area contributed by atoms with Crippen LogP contribution >= 0.6 is 11.3 Å². The van der Waals surface area contributed by atoms with Crippen molar-refractivity contribution >= 4 is 48.6 Å². The fraction of sp³-hybridized carbons (Fsp3) is 0.173. The number of hydrogen-bond acceptors (Lipinski definition) is 3. The summed E-state index contributed by atoms with van der Waals surface area (Å²) >= 11 is 1.71. The summed E-state index contributed by atoms with van der Waals surface area (Å²) in [5.74, 6) is 0. The smallest absolute Gasteiger partial charge is 0.195 e. The Labute approximate surface area is 327 Å². The van der Waals surface area contributed by atoms with Crippen molar-refractivity contribution in [3.8, 4) is 22.3 Å². The van der Waals surface area contributed by atoms with Gasteiger partial charge in [0.25, 0.3) is 0 Å². The van der Waals surface area contributed by atoms with E-state index in [0.717, 1.165) is 37.2 Å². The highest BCUT2D eigenvalue weighted by molar-refractivity contribution is 7.24. The molecule has 2 aliphatic carbocycles. The number of hydrogen-bond donors (Lipinski definition) is 0.